The Kier molecular flexibility index (Phi) is 5.26. The van der Waals surface area contributed by atoms with E-state index in [2.05, 4.69) is 24.3 Å². The Balaban J connectivity index is 1.54. The van der Waals surface area contributed by atoms with Crippen LogP contribution in [-0.2, 0) is 11.3 Å². The van der Waals surface area contributed by atoms with Crippen LogP contribution in [0.2, 0.25) is 0 Å². The van der Waals surface area contributed by atoms with Crippen molar-refractivity contribution >= 4 is 16.9 Å². The number of benzene rings is 3. The topological polar surface area (TPSA) is 49.8 Å². The zero-order chi connectivity index (χ0) is 19.5. The summed E-state index contributed by atoms with van der Waals surface area (Å²) in [6, 6.07) is 20.8. The van der Waals surface area contributed by atoms with Crippen LogP contribution in [0, 0.1) is 5.82 Å². The number of carbonyl (C=O) groups is 1. The summed E-state index contributed by atoms with van der Waals surface area (Å²) in [5.74, 6) is -0.321. The molecule has 5 heteroatoms. The van der Waals surface area contributed by atoms with E-state index in [4.69, 9.17) is 4.74 Å². The van der Waals surface area contributed by atoms with Gasteiger partial charge in [-0.15, -0.1) is 0 Å². The summed E-state index contributed by atoms with van der Waals surface area (Å²) in [4.78, 5) is 12.8. The van der Waals surface area contributed by atoms with Crippen LogP contribution >= 0.6 is 0 Å². The Hall–Kier alpha value is -2.92. The fraction of sp³-hybridized carbons (Fsp3) is 0.261. The normalized spacial score (nSPS) is 19.7. The molecule has 1 aliphatic heterocycles. The third-order valence-corrected chi connectivity index (χ3v) is 5.38. The van der Waals surface area contributed by atoms with Gasteiger partial charge in [0.2, 0.25) is 0 Å². The van der Waals surface area contributed by atoms with E-state index in [-0.39, 0.29) is 24.4 Å². The van der Waals surface area contributed by atoms with Crippen molar-refractivity contribution in [1.82, 2.24) is 4.90 Å². The fourth-order valence-corrected chi connectivity index (χ4v) is 3.91. The SMILES string of the molecule is O=C(O)N1CCC(c2cccc(F)c2)C(OCc2ccc3ccccc3c2)C1. The first-order chi connectivity index (χ1) is 13.6. The molecule has 0 spiro atoms. The van der Waals surface area contributed by atoms with Gasteiger partial charge in [0.1, 0.15) is 5.82 Å². The van der Waals surface area contributed by atoms with Gasteiger partial charge in [-0.05, 0) is 46.5 Å². The predicted octanol–water partition coefficient (Wildman–Crippen LogP) is 5.03. The van der Waals surface area contributed by atoms with Crippen molar-refractivity contribution in [3.05, 3.63) is 83.7 Å². The van der Waals surface area contributed by atoms with E-state index < -0.39 is 6.09 Å². The number of ether oxygens (including phenoxy) is 1. The number of carboxylic acid groups (broad SMARTS) is 1. The van der Waals surface area contributed by atoms with Crippen LogP contribution in [0.3, 0.4) is 0 Å². The average molecular weight is 379 g/mol. The highest BCUT2D eigenvalue weighted by Gasteiger charge is 2.33. The molecule has 2 unspecified atom stereocenters. The van der Waals surface area contributed by atoms with Gasteiger partial charge < -0.3 is 14.7 Å². The molecule has 1 aliphatic rings. The molecule has 0 aliphatic carbocycles. The number of halogens is 1. The Morgan fingerprint density at radius 2 is 1.89 bits per heavy atom. The Morgan fingerprint density at radius 1 is 1.07 bits per heavy atom. The number of rotatable bonds is 4. The highest BCUT2D eigenvalue weighted by molar-refractivity contribution is 5.82. The monoisotopic (exact) mass is 379 g/mol. The van der Waals surface area contributed by atoms with Gasteiger partial charge in [0.15, 0.2) is 0 Å². The van der Waals surface area contributed by atoms with Crippen molar-refractivity contribution < 1.29 is 19.0 Å². The van der Waals surface area contributed by atoms with Gasteiger partial charge in [0.25, 0.3) is 0 Å². The molecule has 0 bridgehead atoms. The maximum Gasteiger partial charge on any atom is 0.407 e. The summed E-state index contributed by atoms with van der Waals surface area (Å²) >= 11 is 0. The molecule has 1 saturated heterocycles. The van der Waals surface area contributed by atoms with Crippen LogP contribution in [0.15, 0.2) is 66.7 Å². The molecule has 3 aromatic carbocycles. The maximum absolute atomic E-state index is 13.7. The van der Waals surface area contributed by atoms with Crippen LogP contribution < -0.4 is 0 Å². The van der Waals surface area contributed by atoms with Crippen molar-refractivity contribution in [3.63, 3.8) is 0 Å². The molecule has 144 valence electrons. The van der Waals surface area contributed by atoms with Crippen molar-refractivity contribution in [2.75, 3.05) is 13.1 Å². The minimum Gasteiger partial charge on any atom is -0.465 e. The van der Waals surface area contributed by atoms with Gasteiger partial charge in [-0.2, -0.15) is 0 Å². The van der Waals surface area contributed by atoms with Crippen molar-refractivity contribution in [2.45, 2.75) is 25.0 Å². The van der Waals surface area contributed by atoms with E-state index in [1.54, 1.807) is 6.07 Å². The van der Waals surface area contributed by atoms with E-state index in [1.165, 1.54) is 22.4 Å². The molecule has 1 fully saturated rings. The second kappa shape index (κ2) is 7.98. The molecular weight excluding hydrogens is 357 g/mol. The average Bonchev–Trinajstić information content (AvgIpc) is 2.72. The summed E-state index contributed by atoms with van der Waals surface area (Å²) in [7, 11) is 0. The third kappa shape index (κ3) is 3.99. The van der Waals surface area contributed by atoms with Gasteiger partial charge in [-0.1, -0.05) is 48.5 Å². The molecule has 1 N–H and O–H groups in total. The molecule has 0 aromatic heterocycles. The van der Waals surface area contributed by atoms with E-state index in [0.29, 0.717) is 19.6 Å². The maximum atomic E-state index is 13.7. The molecule has 28 heavy (non-hydrogen) atoms. The highest BCUT2D eigenvalue weighted by atomic mass is 19.1. The van der Waals surface area contributed by atoms with Crippen molar-refractivity contribution in [2.24, 2.45) is 0 Å². The quantitative estimate of drug-likeness (QED) is 0.692. The Bertz CT molecular complexity index is 990. The van der Waals surface area contributed by atoms with Crippen LogP contribution in [-0.4, -0.2) is 35.3 Å². The number of hydrogen-bond donors (Lipinski definition) is 1. The number of amides is 1. The lowest BCUT2D eigenvalue weighted by Gasteiger charge is -2.37. The summed E-state index contributed by atoms with van der Waals surface area (Å²) in [5, 5.41) is 11.7. The largest absolute Gasteiger partial charge is 0.465 e. The molecule has 0 radical (unpaired) electrons. The molecule has 0 saturated carbocycles. The molecule has 1 heterocycles. The summed E-state index contributed by atoms with van der Waals surface area (Å²) < 4.78 is 19.9. The Morgan fingerprint density at radius 3 is 2.68 bits per heavy atom. The summed E-state index contributed by atoms with van der Waals surface area (Å²) in [6.45, 7) is 1.09. The van der Waals surface area contributed by atoms with Crippen LogP contribution in [0.5, 0.6) is 0 Å². The van der Waals surface area contributed by atoms with E-state index in [0.717, 1.165) is 16.5 Å². The number of nitrogens with zero attached hydrogens (tertiary/aromatic N) is 1. The number of hydrogen-bond acceptors (Lipinski definition) is 2. The van der Waals surface area contributed by atoms with E-state index in [1.807, 2.05) is 24.3 Å². The van der Waals surface area contributed by atoms with Gasteiger partial charge >= 0.3 is 6.09 Å². The second-order valence-electron chi connectivity index (χ2n) is 7.21. The second-order valence-corrected chi connectivity index (χ2v) is 7.21. The number of fused-ring (bicyclic) bond motifs is 1. The van der Waals surface area contributed by atoms with E-state index in [9.17, 15) is 14.3 Å². The van der Waals surface area contributed by atoms with Crippen molar-refractivity contribution in [3.8, 4) is 0 Å². The van der Waals surface area contributed by atoms with Crippen LogP contribution in [0.4, 0.5) is 9.18 Å². The van der Waals surface area contributed by atoms with Crippen molar-refractivity contribution in [1.29, 1.82) is 0 Å². The predicted molar refractivity (Wildman–Crippen MR) is 106 cm³/mol. The first kappa shape index (κ1) is 18.4. The first-order valence-corrected chi connectivity index (χ1v) is 9.43. The molecule has 3 aromatic rings. The van der Waals surface area contributed by atoms with Gasteiger partial charge in [-0.25, -0.2) is 9.18 Å². The zero-order valence-electron chi connectivity index (χ0n) is 15.4. The zero-order valence-corrected chi connectivity index (χ0v) is 15.4. The molecule has 1 amide bonds. The minimum absolute atomic E-state index is 0.0354. The lowest BCUT2D eigenvalue weighted by Crippen LogP contribution is -2.46. The van der Waals surface area contributed by atoms with Gasteiger partial charge in [0, 0.05) is 12.5 Å². The van der Waals surface area contributed by atoms with Gasteiger partial charge in [-0.3, -0.25) is 0 Å². The van der Waals surface area contributed by atoms with E-state index >= 15 is 0 Å². The Labute approximate surface area is 163 Å². The molecular formula is C23H22FNO3. The van der Waals surface area contributed by atoms with Gasteiger partial charge in [0.05, 0.1) is 19.3 Å². The fourth-order valence-electron chi connectivity index (χ4n) is 3.91. The molecule has 4 nitrogen and oxygen atoms in total. The third-order valence-electron chi connectivity index (χ3n) is 5.38. The smallest absolute Gasteiger partial charge is 0.407 e. The lowest BCUT2D eigenvalue weighted by molar-refractivity contribution is -0.0199. The van der Waals surface area contributed by atoms with Crippen LogP contribution in [0.1, 0.15) is 23.5 Å². The standard InChI is InChI=1S/C23H22FNO3/c24-20-7-3-6-19(13-20)21-10-11-25(23(26)27)14-22(21)28-15-16-8-9-17-4-1-2-5-18(17)12-16/h1-9,12-13,21-22H,10-11,14-15H2,(H,26,27). The minimum atomic E-state index is -0.947. The van der Waals surface area contributed by atoms with Crippen LogP contribution in [0.25, 0.3) is 10.8 Å². The first-order valence-electron chi connectivity index (χ1n) is 9.43. The lowest BCUT2D eigenvalue weighted by atomic mass is 9.87. The molecule has 2 atom stereocenters. The summed E-state index contributed by atoms with van der Waals surface area (Å²) in [6.07, 6.45) is -0.659. The number of likely N-dealkylation sites (tertiary alicyclic amines) is 1. The molecule has 4 rings (SSSR count). The highest BCUT2D eigenvalue weighted by Crippen LogP contribution is 2.31. The summed E-state index contributed by atoms with van der Waals surface area (Å²) in [5.41, 5.74) is 1.89. The number of piperidine rings is 1.